The molecule has 94 valence electrons. The van der Waals surface area contributed by atoms with Crippen LogP contribution in [0.15, 0.2) is 30.3 Å². The maximum atomic E-state index is 9.44. The van der Waals surface area contributed by atoms with Gasteiger partial charge in [-0.15, -0.1) is 0 Å². The molecule has 0 amide bonds. The highest BCUT2D eigenvalue weighted by atomic mass is 15.4. The average Bonchev–Trinajstić information content (AvgIpc) is 2.85. The van der Waals surface area contributed by atoms with E-state index in [1.54, 1.807) is 0 Å². The largest absolute Gasteiger partial charge is 0.354 e. The Morgan fingerprint density at radius 1 is 1.28 bits per heavy atom. The second kappa shape index (κ2) is 4.29. The van der Waals surface area contributed by atoms with Gasteiger partial charge in [0.1, 0.15) is 5.54 Å². The van der Waals surface area contributed by atoms with Gasteiger partial charge in [0, 0.05) is 18.8 Å². The summed E-state index contributed by atoms with van der Waals surface area (Å²) in [4.78, 5) is 4.85. The molecule has 3 heteroatoms. The van der Waals surface area contributed by atoms with E-state index in [0.29, 0.717) is 6.17 Å². The Labute approximate surface area is 109 Å². The second-order valence-corrected chi connectivity index (χ2v) is 5.48. The van der Waals surface area contributed by atoms with Crippen LogP contribution in [0.1, 0.15) is 26.2 Å². The summed E-state index contributed by atoms with van der Waals surface area (Å²) in [6, 6.07) is 13.1. The predicted molar refractivity (Wildman–Crippen MR) is 72.2 cm³/mol. The van der Waals surface area contributed by atoms with Gasteiger partial charge in [-0.05, 0) is 38.3 Å². The molecule has 1 aromatic carbocycles. The summed E-state index contributed by atoms with van der Waals surface area (Å²) in [7, 11) is 0. The van der Waals surface area contributed by atoms with Gasteiger partial charge in [0.2, 0.25) is 0 Å². The summed E-state index contributed by atoms with van der Waals surface area (Å²) in [6.45, 7) is 4.13. The van der Waals surface area contributed by atoms with Crippen LogP contribution in [0.2, 0.25) is 0 Å². The lowest BCUT2D eigenvalue weighted by molar-refractivity contribution is 0.0855. The molecule has 0 aliphatic carbocycles. The van der Waals surface area contributed by atoms with Crippen molar-refractivity contribution in [3.63, 3.8) is 0 Å². The predicted octanol–water partition coefficient (Wildman–Crippen LogP) is 2.60. The highest BCUT2D eigenvalue weighted by Crippen LogP contribution is 2.37. The molecule has 0 spiro atoms. The van der Waals surface area contributed by atoms with Gasteiger partial charge in [-0.25, -0.2) is 0 Å². The summed E-state index contributed by atoms with van der Waals surface area (Å²) in [5.74, 6) is 0. The molecular formula is C15H19N3. The minimum Gasteiger partial charge on any atom is -0.354 e. The van der Waals surface area contributed by atoms with Crippen molar-refractivity contribution in [3.05, 3.63) is 30.3 Å². The molecule has 2 aliphatic heterocycles. The number of hydrogen-bond donors (Lipinski definition) is 0. The first-order valence-corrected chi connectivity index (χ1v) is 6.74. The van der Waals surface area contributed by atoms with Gasteiger partial charge in [0.15, 0.2) is 0 Å². The van der Waals surface area contributed by atoms with Crippen molar-refractivity contribution in [1.29, 1.82) is 5.26 Å². The number of fused-ring (bicyclic) bond motifs is 1. The first-order chi connectivity index (χ1) is 8.74. The van der Waals surface area contributed by atoms with Crippen LogP contribution < -0.4 is 4.90 Å². The number of nitriles is 1. The molecule has 0 bridgehead atoms. The van der Waals surface area contributed by atoms with Gasteiger partial charge in [0.25, 0.3) is 0 Å². The number of benzene rings is 1. The fraction of sp³-hybridized carbons (Fsp3) is 0.533. The molecule has 3 nitrogen and oxygen atoms in total. The van der Waals surface area contributed by atoms with Crippen LogP contribution >= 0.6 is 0 Å². The highest BCUT2D eigenvalue weighted by Gasteiger charge is 2.45. The fourth-order valence-corrected chi connectivity index (χ4v) is 3.38. The van der Waals surface area contributed by atoms with Gasteiger partial charge in [-0.3, -0.25) is 4.90 Å². The van der Waals surface area contributed by atoms with Crippen molar-refractivity contribution in [3.8, 4) is 6.07 Å². The van der Waals surface area contributed by atoms with Crippen LogP contribution in [0.3, 0.4) is 0 Å². The summed E-state index contributed by atoms with van der Waals surface area (Å²) >= 11 is 0. The van der Waals surface area contributed by atoms with E-state index in [1.807, 2.05) is 0 Å². The molecule has 0 aromatic heterocycles. The van der Waals surface area contributed by atoms with Gasteiger partial charge < -0.3 is 4.90 Å². The SMILES string of the molecule is CC1(C#N)CCCC2N(c3ccccc3)CCN21. The molecule has 1 aromatic rings. The molecule has 0 radical (unpaired) electrons. The normalized spacial score (nSPS) is 32.0. The molecule has 3 rings (SSSR count). The summed E-state index contributed by atoms with van der Waals surface area (Å²) in [6.07, 6.45) is 3.73. The summed E-state index contributed by atoms with van der Waals surface area (Å²) < 4.78 is 0. The highest BCUT2D eigenvalue weighted by molar-refractivity contribution is 5.48. The van der Waals surface area contributed by atoms with Crippen molar-refractivity contribution in [2.75, 3.05) is 18.0 Å². The smallest absolute Gasteiger partial charge is 0.108 e. The van der Waals surface area contributed by atoms with E-state index in [1.165, 1.54) is 12.1 Å². The van der Waals surface area contributed by atoms with E-state index in [2.05, 4.69) is 53.1 Å². The van der Waals surface area contributed by atoms with Gasteiger partial charge in [0.05, 0.1) is 12.2 Å². The first kappa shape index (κ1) is 11.6. The molecular weight excluding hydrogens is 222 g/mol. The third-order valence-electron chi connectivity index (χ3n) is 4.39. The zero-order valence-electron chi connectivity index (χ0n) is 10.8. The number of anilines is 1. The molecule has 2 unspecified atom stereocenters. The third-order valence-corrected chi connectivity index (χ3v) is 4.39. The van der Waals surface area contributed by atoms with E-state index in [0.717, 1.165) is 25.9 Å². The number of piperidine rings is 1. The topological polar surface area (TPSA) is 30.3 Å². The van der Waals surface area contributed by atoms with E-state index in [4.69, 9.17) is 0 Å². The minimum absolute atomic E-state index is 0.271. The second-order valence-electron chi connectivity index (χ2n) is 5.48. The fourth-order valence-electron chi connectivity index (χ4n) is 3.38. The van der Waals surface area contributed by atoms with Gasteiger partial charge in [-0.2, -0.15) is 5.26 Å². The molecule has 2 atom stereocenters. The molecule has 0 saturated carbocycles. The van der Waals surface area contributed by atoms with Crippen molar-refractivity contribution in [1.82, 2.24) is 4.90 Å². The molecule has 2 heterocycles. The number of hydrogen-bond acceptors (Lipinski definition) is 3. The Bertz CT molecular complexity index is 464. The van der Waals surface area contributed by atoms with E-state index < -0.39 is 0 Å². The van der Waals surface area contributed by atoms with Crippen molar-refractivity contribution < 1.29 is 0 Å². The summed E-state index contributed by atoms with van der Waals surface area (Å²) in [5.41, 5.74) is 1.01. The Morgan fingerprint density at radius 2 is 2.06 bits per heavy atom. The van der Waals surface area contributed by atoms with E-state index >= 15 is 0 Å². The monoisotopic (exact) mass is 241 g/mol. The van der Waals surface area contributed by atoms with E-state index in [-0.39, 0.29) is 5.54 Å². The Kier molecular flexibility index (Phi) is 2.76. The van der Waals surface area contributed by atoms with Crippen LogP contribution in [-0.2, 0) is 0 Å². The van der Waals surface area contributed by atoms with Crippen molar-refractivity contribution >= 4 is 5.69 Å². The molecule has 2 saturated heterocycles. The minimum atomic E-state index is -0.271. The van der Waals surface area contributed by atoms with E-state index in [9.17, 15) is 5.26 Å². The lowest BCUT2D eigenvalue weighted by Gasteiger charge is -2.43. The van der Waals surface area contributed by atoms with Crippen LogP contribution in [-0.4, -0.2) is 29.7 Å². The quantitative estimate of drug-likeness (QED) is 0.757. The number of nitrogens with zero attached hydrogens (tertiary/aromatic N) is 3. The van der Waals surface area contributed by atoms with Crippen molar-refractivity contribution in [2.45, 2.75) is 37.9 Å². The van der Waals surface area contributed by atoms with Crippen LogP contribution in [0.4, 0.5) is 5.69 Å². The first-order valence-electron chi connectivity index (χ1n) is 6.74. The average molecular weight is 241 g/mol. The molecule has 18 heavy (non-hydrogen) atoms. The lowest BCUT2D eigenvalue weighted by Crippen LogP contribution is -2.54. The Morgan fingerprint density at radius 3 is 2.78 bits per heavy atom. The van der Waals surface area contributed by atoms with Crippen LogP contribution in [0.5, 0.6) is 0 Å². The Hall–Kier alpha value is -1.53. The number of rotatable bonds is 1. The molecule has 2 fully saturated rings. The lowest BCUT2D eigenvalue weighted by atomic mass is 9.89. The zero-order valence-corrected chi connectivity index (χ0v) is 10.8. The Balaban J connectivity index is 1.88. The van der Waals surface area contributed by atoms with Crippen LogP contribution in [0.25, 0.3) is 0 Å². The number of para-hydroxylation sites is 1. The maximum Gasteiger partial charge on any atom is 0.108 e. The summed E-state index contributed by atoms with van der Waals surface area (Å²) in [5, 5.41) is 9.44. The molecule has 0 N–H and O–H groups in total. The standard InChI is InChI=1S/C15H19N3/c1-15(12-16)9-5-8-14-17(10-11-18(14)15)13-6-3-2-4-7-13/h2-4,6-7,14H,5,8-11H2,1H3. The maximum absolute atomic E-state index is 9.44. The zero-order chi connectivity index (χ0) is 12.6. The van der Waals surface area contributed by atoms with Crippen LogP contribution in [0, 0.1) is 11.3 Å². The molecule has 2 aliphatic rings. The van der Waals surface area contributed by atoms with Crippen molar-refractivity contribution in [2.24, 2.45) is 0 Å². The van der Waals surface area contributed by atoms with Gasteiger partial charge in [-0.1, -0.05) is 18.2 Å². The van der Waals surface area contributed by atoms with Gasteiger partial charge >= 0.3 is 0 Å². The third kappa shape index (κ3) is 1.69.